The fraction of sp³-hybridized carbons (Fsp3) is 0.778. The van der Waals surface area contributed by atoms with Crippen LogP contribution in [0.15, 0.2) is 0 Å². The Kier molecular flexibility index (Phi) is 3.18. The number of nitrogen functional groups attached to an aromatic ring is 1. The van der Waals surface area contributed by atoms with E-state index in [2.05, 4.69) is 14.5 Å². The number of rotatable bonds is 4. The van der Waals surface area contributed by atoms with E-state index in [1.54, 1.807) is 0 Å². The number of aliphatic hydroxyl groups excluding tert-OH is 1. The van der Waals surface area contributed by atoms with Crippen LogP contribution in [0.3, 0.4) is 0 Å². The number of hydrogen-bond donors (Lipinski definition) is 2. The molecule has 0 bridgehead atoms. The van der Waals surface area contributed by atoms with Gasteiger partial charge in [-0.3, -0.25) is 0 Å². The monoisotopic (exact) mass is 228 g/mol. The molecule has 3 N–H and O–H groups in total. The number of hydrogen-bond acceptors (Lipinski definition) is 6. The van der Waals surface area contributed by atoms with Gasteiger partial charge in [0.25, 0.3) is 0 Å². The van der Waals surface area contributed by atoms with Crippen LogP contribution in [0.25, 0.3) is 0 Å². The van der Waals surface area contributed by atoms with Gasteiger partial charge in [0.05, 0.1) is 6.10 Å². The van der Waals surface area contributed by atoms with Crippen molar-refractivity contribution in [3.8, 4) is 0 Å². The van der Waals surface area contributed by atoms with E-state index >= 15 is 0 Å². The summed E-state index contributed by atoms with van der Waals surface area (Å²) in [5, 5.41) is 13.9. The molecule has 1 saturated carbocycles. The van der Waals surface area contributed by atoms with Crippen LogP contribution in [0.1, 0.15) is 18.5 Å². The number of nitrogens with zero attached hydrogens (tertiary/aromatic N) is 3. The third kappa shape index (κ3) is 2.64. The van der Waals surface area contributed by atoms with Gasteiger partial charge in [-0.1, -0.05) is 4.49 Å². The molecule has 1 aliphatic rings. The molecule has 0 aliphatic heterocycles. The number of aromatic nitrogens is 2. The zero-order valence-corrected chi connectivity index (χ0v) is 9.57. The maximum Gasteiger partial charge on any atom is 0.132 e. The zero-order chi connectivity index (χ0) is 10.8. The number of anilines is 1. The lowest BCUT2D eigenvalue weighted by Crippen LogP contribution is -2.36. The summed E-state index contributed by atoms with van der Waals surface area (Å²) in [7, 11) is 2.05. The molecule has 84 valence electrons. The molecular weight excluding hydrogens is 212 g/mol. The second-order valence-electron chi connectivity index (χ2n) is 4.27. The van der Waals surface area contributed by atoms with Gasteiger partial charge in [0.1, 0.15) is 10.7 Å². The molecule has 6 heteroatoms. The first-order chi connectivity index (χ1) is 7.15. The van der Waals surface area contributed by atoms with Crippen LogP contribution in [0, 0.1) is 5.92 Å². The SMILES string of the molecule is CN(Cc1nnsc1N)CC1CC(O)C1. The highest BCUT2D eigenvalue weighted by atomic mass is 32.1. The first kappa shape index (κ1) is 10.8. The first-order valence-corrected chi connectivity index (χ1v) is 5.86. The molecule has 1 aromatic rings. The predicted octanol–water partition coefficient (Wildman–Crippen LogP) is 0.323. The summed E-state index contributed by atoms with van der Waals surface area (Å²) in [5.74, 6) is 0.623. The van der Waals surface area contributed by atoms with Gasteiger partial charge >= 0.3 is 0 Å². The van der Waals surface area contributed by atoms with Crippen LogP contribution in [0.5, 0.6) is 0 Å². The molecule has 1 aliphatic carbocycles. The molecule has 0 radical (unpaired) electrons. The van der Waals surface area contributed by atoms with Gasteiger partial charge in [0.15, 0.2) is 0 Å². The highest BCUT2D eigenvalue weighted by Crippen LogP contribution is 2.28. The van der Waals surface area contributed by atoms with E-state index in [1.165, 1.54) is 11.5 Å². The van der Waals surface area contributed by atoms with E-state index in [0.29, 0.717) is 10.9 Å². The molecule has 0 aromatic carbocycles. The van der Waals surface area contributed by atoms with E-state index in [-0.39, 0.29) is 6.10 Å². The average Bonchev–Trinajstić information content (AvgIpc) is 2.49. The largest absolute Gasteiger partial charge is 0.393 e. The van der Waals surface area contributed by atoms with Crippen LogP contribution in [0.2, 0.25) is 0 Å². The molecule has 0 unspecified atom stereocenters. The van der Waals surface area contributed by atoms with Crippen molar-refractivity contribution in [2.75, 3.05) is 19.3 Å². The van der Waals surface area contributed by atoms with Gasteiger partial charge in [-0.15, -0.1) is 5.10 Å². The Labute approximate surface area is 93.1 Å². The molecule has 0 atom stereocenters. The Balaban J connectivity index is 1.77. The minimum atomic E-state index is -0.0746. The molecule has 15 heavy (non-hydrogen) atoms. The quantitative estimate of drug-likeness (QED) is 0.776. The second kappa shape index (κ2) is 4.42. The maximum absolute atomic E-state index is 9.17. The van der Waals surface area contributed by atoms with Crippen LogP contribution in [0.4, 0.5) is 5.00 Å². The van der Waals surface area contributed by atoms with Crippen LogP contribution in [-0.2, 0) is 6.54 Å². The predicted molar refractivity (Wildman–Crippen MR) is 59.4 cm³/mol. The standard InChI is InChI=1S/C9H16N4OS/c1-13(4-6-2-7(14)3-6)5-8-9(10)15-12-11-8/h6-7,14H,2-5,10H2,1H3. The molecular formula is C9H16N4OS. The molecule has 1 aromatic heterocycles. The lowest BCUT2D eigenvalue weighted by molar-refractivity contribution is 0.0272. The summed E-state index contributed by atoms with van der Waals surface area (Å²) in [6, 6.07) is 0. The third-order valence-electron chi connectivity index (χ3n) is 2.79. The second-order valence-corrected chi connectivity index (χ2v) is 5.06. The van der Waals surface area contributed by atoms with Crippen molar-refractivity contribution < 1.29 is 5.11 Å². The number of aliphatic hydroxyl groups is 1. The normalized spacial score (nSPS) is 25.5. The van der Waals surface area contributed by atoms with Crippen molar-refractivity contribution in [3.63, 3.8) is 0 Å². The van der Waals surface area contributed by atoms with Gasteiger partial charge in [0.2, 0.25) is 0 Å². The van der Waals surface area contributed by atoms with Crippen molar-refractivity contribution in [3.05, 3.63) is 5.69 Å². The van der Waals surface area contributed by atoms with Crippen LogP contribution >= 0.6 is 11.5 Å². The smallest absolute Gasteiger partial charge is 0.132 e. The molecule has 0 amide bonds. The first-order valence-electron chi connectivity index (χ1n) is 5.08. The average molecular weight is 228 g/mol. The van der Waals surface area contributed by atoms with E-state index in [4.69, 9.17) is 5.73 Å². The third-order valence-corrected chi connectivity index (χ3v) is 3.38. The summed E-state index contributed by atoms with van der Waals surface area (Å²) in [5.41, 5.74) is 6.58. The van der Waals surface area contributed by atoms with E-state index < -0.39 is 0 Å². The van der Waals surface area contributed by atoms with Gasteiger partial charge in [-0.25, -0.2) is 0 Å². The summed E-state index contributed by atoms with van der Waals surface area (Å²) >= 11 is 1.24. The Hall–Kier alpha value is -0.720. The van der Waals surface area contributed by atoms with E-state index in [9.17, 15) is 5.11 Å². The van der Waals surface area contributed by atoms with Gasteiger partial charge < -0.3 is 15.7 Å². The Morgan fingerprint density at radius 3 is 2.87 bits per heavy atom. The molecule has 2 rings (SSSR count). The lowest BCUT2D eigenvalue weighted by Gasteiger charge is -2.34. The minimum absolute atomic E-state index is 0.0746. The summed E-state index contributed by atoms with van der Waals surface area (Å²) < 4.78 is 3.80. The lowest BCUT2D eigenvalue weighted by atomic mass is 9.82. The minimum Gasteiger partial charge on any atom is -0.393 e. The fourth-order valence-electron chi connectivity index (χ4n) is 1.94. The van der Waals surface area contributed by atoms with E-state index in [1.807, 2.05) is 7.05 Å². The fourth-order valence-corrected chi connectivity index (χ4v) is 2.37. The summed E-state index contributed by atoms with van der Waals surface area (Å²) in [6.07, 6.45) is 1.78. The molecule has 0 saturated heterocycles. The van der Waals surface area contributed by atoms with Crippen molar-refractivity contribution in [2.24, 2.45) is 5.92 Å². The van der Waals surface area contributed by atoms with Crippen molar-refractivity contribution in [1.82, 2.24) is 14.5 Å². The van der Waals surface area contributed by atoms with Gasteiger partial charge in [-0.2, -0.15) is 0 Å². The van der Waals surface area contributed by atoms with Gasteiger partial charge in [0, 0.05) is 24.6 Å². The molecule has 5 nitrogen and oxygen atoms in total. The van der Waals surface area contributed by atoms with Crippen molar-refractivity contribution >= 4 is 16.5 Å². The van der Waals surface area contributed by atoms with Crippen LogP contribution < -0.4 is 5.73 Å². The summed E-state index contributed by atoms with van der Waals surface area (Å²) in [6.45, 7) is 1.74. The molecule has 0 spiro atoms. The number of nitrogens with two attached hydrogens (primary N) is 1. The Morgan fingerprint density at radius 1 is 1.60 bits per heavy atom. The van der Waals surface area contributed by atoms with E-state index in [0.717, 1.165) is 31.6 Å². The zero-order valence-electron chi connectivity index (χ0n) is 8.76. The maximum atomic E-state index is 9.17. The van der Waals surface area contributed by atoms with Crippen molar-refractivity contribution in [2.45, 2.75) is 25.5 Å². The highest BCUT2D eigenvalue weighted by molar-refractivity contribution is 7.09. The molecule has 1 fully saturated rings. The van der Waals surface area contributed by atoms with Crippen molar-refractivity contribution in [1.29, 1.82) is 0 Å². The Morgan fingerprint density at radius 2 is 2.33 bits per heavy atom. The van der Waals surface area contributed by atoms with Gasteiger partial charge in [-0.05, 0) is 25.8 Å². The highest BCUT2D eigenvalue weighted by Gasteiger charge is 2.28. The summed E-state index contributed by atoms with van der Waals surface area (Å²) in [4.78, 5) is 2.18. The Bertz CT molecular complexity index is 324. The van der Waals surface area contributed by atoms with Crippen LogP contribution in [-0.4, -0.2) is 39.3 Å². The topological polar surface area (TPSA) is 75.3 Å². The molecule has 1 heterocycles.